The largest absolute Gasteiger partial charge is 0.361 e. The minimum absolute atomic E-state index is 0.286. The molecule has 1 saturated heterocycles. The van der Waals surface area contributed by atoms with Crippen LogP contribution in [0.3, 0.4) is 0 Å². The van der Waals surface area contributed by atoms with E-state index in [0.29, 0.717) is 12.0 Å². The molecular formula is C10H21NO. The molecule has 0 aliphatic carbocycles. The Balaban J connectivity index is 2.26. The predicted octanol–water partition coefficient (Wildman–Crippen LogP) is 2.00. The van der Waals surface area contributed by atoms with Crippen LogP contribution in [0.2, 0.25) is 0 Å². The molecule has 2 heteroatoms. The van der Waals surface area contributed by atoms with Crippen molar-refractivity contribution in [2.75, 3.05) is 6.61 Å². The fourth-order valence-corrected chi connectivity index (χ4v) is 1.64. The zero-order chi connectivity index (χ0) is 9.14. The molecule has 12 heavy (non-hydrogen) atoms. The zero-order valence-corrected chi connectivity index (χ0v) is 8.63. The standard InChI is InChI=1S/C10H21NO/c1-7(2)5-9-6-12-10(11-9)8(3)4/h7-11H,5-6H2,1-4H3. The maximum atomic E-state index is 5.62. The Morgan fingerprint density at radius 1 is 1.33 bits per heavy atom. The molecule has 72 valence electrons. The Kier molecular flexibility index (Phi) is 3.53. The second kappa shape index (κ2) is 4.24. The molecule has 0 aromatic rings. The molecule has 0 radical (unpaired) electrons. The first-order chi connectivity index (χ1) is 5.59. The molecule has 0 saturated carbocycles. The van der Waals surface area contributed by atoms with Crippen molar-refractivity contribution in [3.05, 3.63) is 0 Å². The van der Waals surface area contributed by atoms with Gasteiger partial charge in [0, 0.05) is 6.04 Å². The van der Waals surface area contributed by atoms with Crippen molar-refractivity contribution in [2.24, 2.45) is 11.8 Å². The van der Waals surface area contributed by atoms with E-state index in [9.17, 15) is 0 Å². The SMILES string of the molecule is CC(C)CC1COC(C(C)C)N1. The maximum Gasteiger partial charge on any atom is 0.110 e. The van der Waals surface area contributed by atoms with Crippen molar-refractivity contribution >= 4 is 0 Å². The Morgan fingerprint density at radius 3 is 2.42 bits per heavy atom. The smallest absolute Gasteiger partial charge is 0.110 e. The van der Waals surface area contributed by atoms with Crippen LogP contribution in [0.25, 0.3) is 0 Å². The van der Waals surface area contributed by atoms with Crippen molar-refractivity contribution in [1.82, 2.24) is 5.32 Å². The van der Waals surface area contributed by atoms with Gasteiger partial charge in [0.15, 0.2) is 0 Å². The van der Waals surface area contributed by atoms with Crippen LogP contribution in [-0.4, -0.2) is 18.9 Å². The van der Waals surface area contributed by atoms with Crippen LogP contribution in [0, 0.1) is 11.8 Å². The third-order valence-corrected chi connectivity index (χ3v) is 2.24. The summed E-state index contributed by atoms with van der Waals surface area (Å²) in [6, 6.07) is 0.581. The second-order valence-corrected chi connectivity index (χ2v) is 4.49. The van der Waals surface area contributed by atoms with Gasteiger partial charge in [-0.05, 0) is 18.3 Å². The van der Waals surface area contributed by atoms with Gasteiger partial charge in [-0.15, -0.1) is 0 Å². The summed E-state index contributed by atoms with van der Waals surface area (Å²) in [5.74, 6) is 1.35. The average molecular weight is 171 g/mol. The first kappa shape index (κ1) is 10.0. The van der Waals surface area contributed by atoms with Gasteiger partial charge < -0.3 is 4.74 Å². The highest BCUT2D eigenvalue weighted by molar-refractivity contribution is 4.78. The topological polar surface area (TPSA) is 21.3 Å². The number of ether oxygens (including phenoxy) is 1. The maximum absolute atomic E-state index is 5.62. The summed E-state index contributed by atoms with van der Waals surface area (Å²) in [6.45, 7) is 9.78. The molecule has 0 aromatic carbocycles. The third kappa shape index (κ3) is 2.76. The summed E-state index contributed by atoms with van der Waals surface area (Å²) in [5, 5.41) is 3.50. The number of rotatable bonds is 3. The molecular weight excluding hydrogens is 150 g/mol. The van der Waals surface area contributed by atoms with E-state index in [1.54, 1.807) is 0 Å². The van der Waals surface area contributed by atoms with Gasteiger partial charge in [-0.1, -0.05) is 27.7 Å². The molecule has 2 atom stereocenters. The van der Waals surface area contributed by atoms with Gasteiger partial charge in [0.2, 0.25) is 0 Å². The van der Waals surface area contributed by atoms with E-state index in [2.05, 4.69) is 33.0 Å². The van der Waals surface area contributed by atoms with E-state index in [-0.39, 0.29) is 6.23 Å². The van der Waals surface area contributed by atoms with Gasteiger partial charge in [-0.25, -0.2) is 0 Å². The van der Waals surface area contributed by atoms with Gasteiger partial charge in [0.05, 0.1) is 6.61 Å². The molecule has 0 aromatic heterocycles. The van der Waals surface area contributed by atoms with Crippen LogP contribution in [0.15, 0.2) is 0 Å². The van der Waals surface area contributed by atoms with E-state index in [1.807, 2.05) is 0 Å². The van der Waals surface area contributed by atoms with Crippen LogP contribution >= 0.6 is 0 Å². The molecule has 1 aliphatic heterocycles. The van der Waals surface area contributed by atoms with Crippen molar-refractivity contribution < 1.29 is 4.74 Å². The van der Waals surface area contributed by atoms with Crippen molar-refractivity contribution in [1.29, 1.82) is 0 Å². The van der Waals surface area contributed by atoms with Gasteiger partial charge in [-0.2, -0.15) is 0 Å². The number of hydrogen-bond acceptors (Lipinski definition) is 2. The second-order valence-electron chi connectivity index (χ2n) is 4.49. The third-order valence-electron chi connectivity index (χ3n) is 2.24. The Hall–Kier alpha value is -0.0800. The molecule has 0 spiro atoms. The first-order valence-corrected chi connectivity index (χ1v) is 4.97. The minimum Gasteiger partial charge on any atom is -0.361 e. The zero-order valence-electron chi connectivity index (χ0n) is 8.63. The number of nitrogens with one attached hydrogen (secondary N) is 1. The molecule has 1 N–H and O–H groups in total. The number of hydrogen-bond donors (Lipinski definition) is 1. The predicted molar refractivity (Wildman–Crippen MR) is 51.0 cm³/mol. The summed E-state index contributed by atoms with van der Waals surface area (Å²) in [7, 11) is 0. The first-order valence-electron chi connectivity index (χ1n) is 4.97. The lowest BCUT2D eigenvalue weighted by Gasteiger charge is -2.16. The fraction of sp³-hybridized carbons (Fsp3) is 1.00. The summed E-state index contributed by atoms with van der Waals surface area (Å²) in [6.07, 6.45) is 1.51. The average Bonchev–Trinajstić information content (AvgIpc) is 2.34. The quantitative estimate of drug-likeness (QED) is 0.701. The Labute approximate surface area is 75.7 Å². The van der Waals surface area contributed by atoms with Crippen molar-refractivity contribution in [3.63, 3.8) is 0 Å². The Morgan fingerprint density at radius 2 is 2.00 bits per heavy atom. The van der Waals surface area contributed by atoms with Crippen LogP contribution in [0.5, 0.6) is 0 Å². The van der Waals surface area contributed by atoms with Crippen LogP contribution in [0.4, 0.5) is 0 Å². The molecule has 1 heterocycles. The fourth-order valence-electron chi connectivity index (χ4n) is 1.64. The Bertz CT molecular complexity index is 134. The molecule has 0 amide bonds. The van der Waals surface area contributed by atoms with Crippen LogP contribution in [0.1, 0.15) is 34.1 Å². The van der Waals surface area contributed by atoms with E-state index >= 15 is 0 Å². The van der Waals surface area contributed by atoms with Gasteiger partial charge in [0.25, 0.3) is 0 Å². The highest BCUT2D eigenvalue weighted by Gasteiger charge is 2.26. The summed E-state index contributed by atoms with van der Waals surface area (Å²) in [4.78, 5) is 0. The van der Waals surface area contributed by atoms with Crippen LogP contribution < -0.4 is 5.32 Å². The molecule has 2 nitrogen and oxygen atoms in total. The van der Waals surface area contributed by atoms with E-state index in [1.165, 1.54) is 6.42 Å². The summed E-state index contributed by atoms with van der Waals surface area (Å²) in [5.41, 5.74) is 0. The lowest BCUT2D eigenvalue weighted by molar-refractivity contribution is 0.0642. The lowest BCUT2D eigenvalue weighted by atomic mass is 10.0. The normalized spacial score (nSPS) is 30.5. The van der Waals surface area contributed by atoms with Gasteiger partial charge in [-0.3, -0.25) is 5.32 Å². The molecule has 1 rings (SSSR count). The van der Waals surface area contributed by atoms with Gasteiger partial charge in [0.1, 0.15) is 6.23 Å². The van der Waals surface area contributed by atoms with Crippen molar-refractivity contribution in [3.8, 4) is 0 Å². The van der Waals surface area contributed by atoms with E-state index < -0.39 is 0 Å². The molecule has 2 unspecified atom stereocenters. The van der Waals surface area contributed by atoms with E-state index in [4.69, 9.17) is 4.74 Å². The van der Waals surface area contributed by atoms with E-state index in [0.717, 1.165) is 12.5 Å². The highest BCUT2D eigenvalue weighted by atomic mass is 16.5. The van der Waals surface area contributed by atoms with Crippen LogP contribution in [-0.2, 0) is 4.74 Å². The summed E-state index contributed by atoms with van der Waals surface area (Å²) >= 11 is 0. The highest BCUT2D eigenvalue weighted by Crippen LogP contribution is 2.16. The monoisotopic (exact) mass is 171 g/mol. The molecule has 1 fully saturated rings. The lowest BCUT2D eigenvalue weighted by Crippen LogP contribution is -2.34. The van der Waals surface area contributed by atoms with Gasteiger partial charge >= 0.3 is 0 Å². The van der Waals surface area contributed by atoms with Crippen molar-refractivity contribution in [2.45, 2.75) is 46.4 Å². The summed E-state index contributed by atoms with van der Waals surface area (Å²) < 4.78 is 5.62. The minimum atomic E-state index is 0.286. The molecule has 1 aliphatic rings. The molecule has 0 bridgehead atoms.